The van der Waals surface area contributed by atoms with Crippen LogP contribution in [0.3, 0.4) is 0 Å². The molecular weight excluding hydrogens is 298 g/mol. The molecule has 0 saturated heterocycles. The molecule has 0 saturated carbocycles. The van der Waals surface area contributed by atoms with E-state index in [2.05, 4.69) is 5.32 Å². The predicted octanol–water partition coefficient (Wildman–Crippen LogP) is 2.68. The lowest BCUT2D eigenvalue weighted by Gasteiger charge is -2.16. The number of benzene rings is 1. The quantitative estimate of drug-likeness (QED) is 0.819. The van der Waals surface area contributed by atoms with Crippen molar-refractivity contribution >= 4 is 11.9 Å². The Hall–Kier alpha value is -2.60. The van der Waals surface area contributed by atoms with Crippen molar-refractivity contribution in [3.8, 4) is 0 Å². The summed E-state index contributed by atoms with van der Waals surface area (Å²) >= 11 is 0. The maximum atomic E-state index is 12.3. The molecule has 0 spiro atoms. The molecule has 1 atom stereocenters. The van der Waals surface area contributed by atoms with Crippen LogP contribution in [0.25, 0.3) is 0 Å². The average Bonchev–Trinajstić information content (AvgIpc) is 2.92. The van der Waals surface area contributed by atoms with Crippen molar-refractivity contribution in [1.82, 2.24) is 5.32 Å². The van der Waals surface area contributed by atoms with Crippen LogP contribution in [-0.4, -0.2) is 23.6 Å². The fourth-order valence-electron chi connectivity index (χ4n) is 2.23. The van der Waals surface area contributed by atoms with E-state index in [1.807, 2.05) is 37.3 Å². The number of hydrogen-bond acceptors (Lipinski definition) is 4. The van der Waals surface area contributed by atoms with Crippen LogP contribution in [0.15, 0.2) is 40.8 Å². The van der Waals surface area contributed by atoms with Gasteiger partial charge in [-0.25, -0.2) is 4.79 Å². The van der Waals surface area contributed by atoms with Crippen molar-refractivity contribution in [2.75, 3.05) is 6.61 Å². The number of aromatic carboxylic acids is 1. The number of ether oxygens (including phenoxy) is 1. The first-order valence-electron chi connectivity index (χ1n) is 7.29. The standard InChI is InChI=1S/C17H19NO5/c1-3-22-15(12-7-5-4-6-8-12)16(19)18-10-13-9-14(17(20)21)11(2)23-13/h4-9,15H,3,10H2,1-2H3,(H,18,19)(H,20,21). The van der Waals surface area contributed by atoms with Crippen LogP contribution in [0, 0.1) is 6.92 Å². The lowest BCUT2D eigenvalue weighted by atomic mass is 10.1. The highest BCUT2D eigenvalue weighted by Crippen LogP contribution is 2.18. The molecule has 1 heterocycles. The molecule has 1 amide bonds. The summed E-state index contributed by atoms with van der Waals surface area (Å²) in [4.78, 5) is 23.3. The van der Waals surface area contributed by atoms with Gasteiger partial charge in [0.05, 0.1) is 6.54 Å². The zero-order valence-corrected chi connectivity index (χ0v) is 13.0. The molecule has 0 aliphatic heterocycles. The van der Waals surface area contributed by atoms with Crippen LogP contribution in [-0.2, 0) is 16.1 Å². The molecule has 122 valence electrons. The first kappa shape index (κ1) is 16.8. The van der Waals surface area contributed by atoms with Gasteiger partial charge in [0.15, 0.2) is 6.10 Å². The molecule has 0 radical (unpaired) electrons. The molecule has 6 heteroatoms. The number of rotatable bonds is 7. The lowest BCUT2D eigenvalue weighted by Crippen LogP contribution is -2.30. The van der Waals surface area contributed by atoms with E-state index in [9.17, 15) is 9.59 Å². The Morgan fingerprint density at radius 3 is 2.57 bits per heavy atom. The highest BCUT2D eigenvalue weighted by molar-refractivity contribution is 5.88. The minimum Gasteiger partial charge on any atom is -0.478 e. The van der Waals surface area contributed by atoms with Gasteiger partial charge in [-0.15, -0.1) is 0 Å². The molecule has 1 aromatic carbocycles. The maximum Gasteiger partial charge on any atom is 0.339 e. The van der Waals surface area contributed by atoms with Crippen LogP contribution < -0.4 is 5.32 Å². The van der Waals surface area contributed by atoms with Crippen molar-refractivity contribution in [1.29, 1.82) is 0 Å². The second kappa shape index (κ2) is 7.60. The van der Waals surface area contributed by atoms with E-state index in [1.165, 1.54) is 6.07 Å². The molecule has 1 unspecified atom stereocenters. The Labute approximate surface area is 134 Å². The Balaban J connectivity index is 2.05. The minimum atomic E-state index is -1.06. The monoisotopic (exact) mass is 317 g/mol. The summed E-state index contributed by atoms with van der Waals surface area (Å²) in [5.74, 6) is -0.660. The Morgan fingerprint density at radius 1 is 1.30 bits per heavy atom. The molecular formula is C17H19NO5. The summed E-state index contributed by atoms with van der Waals surface area (Å²) in [5, 5.41) is 11.7. The SMILES string of the molecule is CCOC(C(=O)NCc1cc(C(=O)O)c(C)o1)c1ccccc1. The Morgan fingerprint density at radius 2 is 2.00 bits per heavy atom. The van der Waals surface area contributed by atoms with Crippen molar-refractivity contribution in [3.05, 3.63) is 59.0 Å². The molecule has 2 rings (SSSR count). The molecule has 23 heavy (non-hydrogen) atoms. The molecule has 0 fully saturated rings. The topological polar surface area (TPSA) is 88.8 Å². The number of carboxylic acids is 1. The number of aryl methyl sites for hydroxylation is 1. The number of carbonyl (C=O) groups excluding carboxylic acids is 1. The zero-order chi connectivity index (χ0) is 16.8. The van der Waals surface area contributed by atoms with E-state index in [-0.39, 0.29) is 18.0 Å². The summed E-state index contributed by atoms with van der Waals surface area (Å²) in [6.07, 6.45) is -0.712. The van der Waals surface area contributed by atoms with E-state index < -0.39 is 12.1 Å². The smallest absolute Gasteiger partial charge is 0.339 e. The summed E-state index contributed by atoms with van der Waals surface area (Å²) in [5.41, 5.74) is 0.854. The number of amides is 1. The van der Waals surface area contributed by atoms with E-state index in [4.69, 9.17) is 14.3 Å². The summed E-state index contributed by atoms with van der Waals surface area (Å²) < 4.78 is 10.8. The number of carbonyl (C=O) groups is 2. The molecule has 2 N–H and O–H groups in total. The van der Waals surface area contributed by atoms with Gasteiger partial charge < -0.3 is 19.6 Å². The Kier molecular flexibility index (Phi) is 5.54. The Bertz CT molecular complexity index is 678. The normalized spacial score (nSPS) is 11.9. The molecule has 6 nitrogen and oxygen atoms in total. The van der Waals surface area contributed by atoms with Gasteiger partial charge in [0.2, 0.25) is 0 Å². The summed E-state index contributed by atoms with van der Waals surface area (Å²) in [7, 11) is 0. The number of carboxylic acid groups (broad SMARTS) is 1. The zero-order valence-electron chi connectivity index (χ0n) is 13.0. The van der Waals surface area contributed by atoms with E-state index in [1.54, 1.807) is 6.92 Å². The highest BCUT2D eigenvalue weighted by Gasteiger charge is 2.21. The summed E-state index contributed by atoms with van der Waals surface area (Å²) in [6, 6.07) is 10.6. The number of hydrogen-bond donors (Lipinski definition) is 2. The van der Waals surface area contributed by atoms with Gasteiger partial charge in [0.25, 0.3) is 5.91 Å². The third-order valence-corrected chi connectivity index (χ3v) is 3.31. The van der Waals surface area contributed by atoms with Crippen LogP contribution >= 0.6 is 0 Å². The average molecular weight is 317 g/mol. The number of furan rings is 1. The third-order valence-electron chi connectivity index (χ3n) is 3.31. The van der Waals surface area contributed by atoms with Gasteiger partial charge in [0.1, 0.15) is 17.1 Å². The van der Waals surface area contributed by atoms with Gasteiger partial charge in [-0.2, -0.15) is 0 Å². The lowest BCUT2D eigenvalue weighted by molar-refractivity contribution is -0.133. The van der Waals surface area contributed by atoms with Crippen LogP contribution in [0.1, 0.15) is 40.5 Å². The van der Waals surface area contributed by atoms with Gasteiger partial charge in [-0.05, 0) is 25.5 Å². The van der Waals surface area contributed by atoms with Crippen LogP contribution in [0.5, 0.6) is 0 Å². The molecule has 0 aliphatic rings. The second-order valence-corrected chi connectivity index (χ2v) is 4.95. The molecule has 2 aromatic rings. The molecule has 1 aromatic heterocycles. The maximum absolute atomic E-state index is 12.3. The molecule has 0 bridgehead atoms. The second-order valence-electron chi connectivity index (χ2n) is 4.95. The van der Waals surface area contributed by atoms with Crippen LogP contribution in [0.4, 0.5) is 0 Å². The van der Waals surface area contributed by atoms with Gasteiger partial charge in [-0.3, -0.25) is 4.79 Å². The van der Waals surface area contributed by atoms with Crippen molar-refractivity contribution in [3.63, 3.8) is 0 Å². The van der Waals surface area contributed by atoms with Crippen molar-refractivity contribution < 1.29 is 23.8 Å². The largest absolute Gasteiger partial charge is 0.478 e. The third kappa shape index (κ3) is 4.20. The molecule has 0 aliphatic carbocycles. The fourth-order valence-corrected chi connectivity index (χ4v) is 2.23. The van der Waals surface area contributed by atoms with E-state index in [0.717, 1.165) is 5.56 Å². The van der Waals surface area contributed by atoms with Crippen LogP contribution in [0.2, 0.25) is 0 Å². The predicted molar refractivity (Wildman–Crippen MR) is 83.1 cm³/mol. The van der Waals surface area contributed by atoms with E-state index >= 15 is 0 Å². The first-order valence-corrected chi connectivity index (χ1v) is 7.29. The van der Waals surface area contributed by atoms with Gasteiger partial charge in [-0.1, -0.05) is 30.3 Å². The highest BCUT2D eigenvalue weighted by atomic mass is 16.5. The van der Waals surface area contributed by atoms with Gasteiger partial charge >= 0.3 is 5.97 Å². The van der Waals surface area contributed by atoms with Gasteiger partial charge in [0, 0.05) is 6.61 Å². The number of nitrogens with one attached hydrogen (secondary N) is 1. The van der Waals surface area contributed by atoms with Crippen molar-refractivity contribution in [2.45, 2.75) is 26.5 Å². The van der Waals surface area contributed by atoms with Crippen molar-refractivity contribution in [2.24, 2.45) is 0 Å². The summed E-state index contributed by atoms with van der Waals surface area (Å²) in [6.45, 7) is 3.89. The fraction of sp³-hybridized carbons (Fsp3) is 0.294. The minimum absolute atomic E-state index is 0.0960. The van der Waals surface area contributed by atoms with E-state index in [0.29, 0.717) is 18.1 Å². The first-order chi connectivity index (χ1) is 11.0.